The van der Waals surface area contributed by atoms with Crippen LogP contribution in [0.1, 0.15) is 15.9 Å². The Morgan fingerprint density at radius 1 is 1.17 bits per heavy atom. The molecule has 8 heteroatoms. The van der Waals surface area contributed by atoms with Gasteiger partial charge in [0.15, 0.2) is 5.65 Å². The average Bonchev–Trinajstić information content (AvgIpc) is 3.16. The second-order valence-corrected chi connectivity index (χ2v) is 6.36. The number of aromatic carboxylic acids is 1. The molecule has 0 aliphatic rings. The Labute approximate surface area is 166 Å². The zero-order valence-electron chi connectivity index (χ0n) is 15.5. The van der Waals surface area contributed by atoms with E-state index < -0.39 is 5.97 Å². The van der Waals surface area contributed by atoms with E-state index in [-0.39, 0.29) is 12.2 Å². The van der Waals surface area contributed by atoms with Crippen LogP contribution in [0.2, 0.25) is 0 Å². The molecule has 2 aromatic heterocycles. The number of anilines is 2. The summed E-state index contributed by atoms with van der Waals surface area (Å²) in [5.41, 5.74) is 3.94. The molecule has 0 unspecified atom stereocenters. The van der Waals surface area contributed by atoms with Gasteiger partial charge in [-0.15, -0.1) is 5.10 Å². The Kier molecular flexibility index (Phi) is 4.84. The number of hydrogen-bond acceptors (Lipinski definition) is 6. The summed E-state index contributed by atoms with van der Waals surface area (Å²) in [4.78, 5) is 15.6. The minimum Gasteiger partial charge on any atom is -0.497 e. The molecule has 0 amide bonds. The van der Waals surface area contributed by atoms with E-state index in [9.17, 15) is 9.90 Å². The first-order valence-electron chi connectivity index (χ1n) is 8.82. The molecule has 0 spiro atoms. The molecular formula is C21H18N4O4. The van der Waals surface area contributed by atoms with Gasteiger partial charge >= 0.3 is 5.97 Å². The van der Waals surface area contributed by atoms with Gasteiger partial charge < -0.3 is 20.3 Å². The van der Waals surface area contributed by atoms with Gasteiger partial charge in [-0.1, -0.05) is 0 Å². The number of aliphatic hydroxyl groups excluding tert-OH is 1. The standard InChI is InChI=1S/C21H18N4O4/c1-29-17-10-13(12-26)9-15(11-17)18-3-2-8-25-19(18)23-21(24-25)22-16-6-4-14(5-7-16)20(27)28/h2-11,26H,12H2,1H3,(H,22,24)(H,27,28). The number of carboxylic acid groups (broad SMARTS) is 1. The van der Waals surface area contributed by atoms with Crippen molar-refractivity contribution in [1.82, 2.24) is 14.6 Å². The lowest BCUT2D eigenvalue weighted by molar-refractivity contribution is 0.0697. The number of aliphatic hydroxyl groups is 1. The van der Waals surface area contributed by atoms with Crippen LogP contribution in [0.25, 0.3) is 16.8 Å². The first kappa shape index (κ1) is 18.5. The molecule has 0 atom stereocenters. The van der Waals surface area contributed by atoms with Crippen molar-refractivity contribution in [2.75, 3.05) is 12.4 Å². The van der Waals surface area contributed by atoms with Crippen LogP contribution in [0.4, 0.5) is 11.6 Å². The molecule has 29 heavy (non-hydrogen) atoms. The maximum absolute atomic E-state index is 11.0. The van der Waals surface area contributed by atoms with Crippen molar-refractivity contribution >= 4 is 23.3 Å². The van der Waals surface area contributed by atoms with E-state index in [1.807, 2.05) is 24.3 Å². The number of methoxy groups -OCH3 is 1. The molecule has 146 valence electrons. The first-order chi connectivity index (χ1) is 14.1. The fourth-order valence-corrected chi connectivity index (χ4v) is 3.04. The summed E-state index contributed by atoms with van der Waals surface area (Å²) in [7, 11) is 1.58. The lowest BCUT2D eigenvalue weighted by atomic mass is 10.0. The molecular weight excluding hydrogens is 372 g/mol. The van der Waals surface area contributed by atoms with Crippen LogP contribution in [0, 0.1) is 0 Å². The minimum absolute atomic E-state index is 0.0981. The highest BCUT2D eigenvalue weighted by atomic mass is 16.5. The number of nitrogens with one attached hydrogen (secondary N) is 1. The summed E-state index contributed by atoms with van der Waals surface area (Å²) in [6, 6.07) is 15.7. The van der Waals surface area contributed by atoms with Crippen LogP contribution >= 0.6 is 0 Å². The van der Waals surface area contributed by atoms with Crippen molar-refractivity contribution in [3.8, 4) is 16.9 Å². The Morgan fingerprint density at radius 3 is 2.66 bits per heavy atom. The normalized spacial score (nSPS) is 10.8. The average molecular weight is 390 g/mol. The van der Waals surface area contributed by atoms with Crippen molar-refractivity contribution in [3.63, 3.8) is 0 Å². The van der Waals surface area contributed by atoms with Crippen molar-refractivity contribution in [1.29, 1.82) is 0 Å². The lowest BCUT2D eigenvalue weighted by Crippen LogP contribution is -1.97. The zero-order valence-corrected chi connectivity index (χ0v) is 15.5. The molecule has 0 saturated carbocycles. The summed E-state index contributed by atoms with van der Waals surface area (Å²) in [6.45, 7) is -0.0981. The second kappa shape index (κ2) is 7.61. The van der Waals surface area contributed by atoms with Gasteiger partial charge in [-0.25, -0.2) is 9.31 Å². The fraction of sp³-hybridized carbons (Fsp3) is 0.0952. The quantitative estimate of drug-likeness (QED) is 0.463. The number of benzene rings is 2. The lowest BCUT2D eigenvalue weighted by Gasteiger charge is -2.08. The van der Waals surface area contributed by atoms with Gasteiger partial charge in [0.25, 0.3) is 0 Å². The largest absolute Gasteiger partial charge is 0.497 e. The van der Waals surface area contributed by atoms with E-state index >= 15 is 0 Å². The molecule has 2 heterocycles. The Balaban J connectivity index is 1.71. The van der Waals surface area contributed by atoms with E-state index in [1.54, 1.807) is 36.0 Å². The number of nitrogens with zero attached hydrogens (tertiary/aromatic N) is 3. The molecule has 4 aromatic rings. The van der Waals surface area contributed by atoms with Crippen LogP contribution < -0.4 is 10.1 Å². The third-order valence-electron chi connectivity index (χ3n) is 4.45. The highest BCUT2D eigenvalue weighted by molar-refractivity contribution is 5.88. The number of fused-ring (bicyclic) bond motifs is 1. The SMILES string of the molecule is COc1cc(CO)cc(-c2cccn3nc(Nc4ccc(C(=O)O)cc4)nc23)c1. The van der Waals surface area contributed by atoms with Crippen molar-refractivity contribution in [3.05, 3.63) is 71.9 Å². The fourth-order valence-electron chi connectivity index (χ4n) is 3.04. The number of hydrogen-bond donors (Lipinski definition) is 3. The molecule has 0 aliphatic heterocycles. The summed E-state index contributed by atoms with van der Waals surface area (Å²) < 4.78 is 6.99. The van der Waals surface area contributed by atoms with Crippen LogP contribution in [-0.4, -0.2) is 37.9 Å². The minimum atomic E-state index is -0.979. The zero-order chi connectivity index (χ0) is 20.4. The predicted octanol–water partition coefficient (Wildman–Crippen LogP) is 3.34. The van der Waals surface area contributed by atoms with Gasteiger partial charge in [0.1, 0.15) is 5.75 Å². The van der Waals surface area contributed by atoms with Gasteiger partial charge in [-0.3, -0.25) is 0 Å². The molecule has 0 fully saturated rings. The number of aromatic nitrogens is 3. The summed E-state index contributed by atoms with van der Waals surface area (Å²) >= 11 is 0. The van der Waals surface area contributed by atoms with E-state index in [2.05, 4.69) is 15.4 Å². The molecule has 0 radical (unpaired) electrons. The molecule has 0 bridgehead atoms. The number of ether oxygens (including phenoxy) is 1. The van der Waals surface area contributed by atoms with Crippen LogP contribution in [0.3, 0.4) is 0 Å². The summed E-state index contributed by atoms with van der Waals surface area (Å²) in [6.07, 6.45) is 1.79. The molecule has 0 aliphatic carbocycles. The van der Waals surface area contributed by atoms with Gasteiger partial charge in [0.2, 0.25) is 5.95 Å². The molecule has 2 aromatic carbocycles. The molecule has 8 nitrogen and oxygen atoms in total. The van der Waals surface area contributed by atoms with Crippen LogP contribution in [0.15, 0.2) is 60.8 Å². The Morgan fingerprint density at radius 2 is 1.97 bits per heavy atom. The van der Waals surface area contributed by atoms with Gasteiger partial charge in [-0.05, 0) is 65.7 Å². The van der Waals surface area contributed by atoms with E-state index in [0.29, 0.717) is 23.0 Å². The van der Waals surface area contributed by atoms with E-state index in [4.69, 9.17) is 9.84 Å². The van der Waals surface area contributed by atoms with Crippen LogP contribution in [0.5, 0.6) is 5.75 Å². The summed E-state index contributed by atoms with van der Waals surface area (Å²) in [5.74, 6) is 0.0447. The highest BCUT2D eigenvalue weighted by Crippen LogP contribution is 2.29. The van der Waals surface area contributed by atoms with Crippen molar-refractivity contribution in [2.24, 2.45) is 0 Å². The molecule has 3 N–H and O–H groups in total. The van der Waals surface area contributed by atoms with Gasteiger partial charge in [-0.2, -0.15) is 4.98 Å². The van der Waals surface area contributed by atoms with Crippen molar-refractivity contribution < 1.29 is 19.7 Å². The van der Waals surface area contributed by atoms with E-state index in [0.717, 1.165) is 16.7 Å². The highest BCUT2D eigenvalue weighted by Gasteiger charge is 2.12. The third kappa shape index (κ3) is 3.74. The predicted molar refractivity (Wildman–Crippen MR) is 108 cm³/mol. The molecule has 0 saturated heterocycles. The number of pyridine rings is 1. The first-order valence-corrected chi connectivity index (χ1v) is 8.82. The van der Waals surface area contributed by atoms with Gasteiger partial charge in [0, 0.05) is 17.4 Å². The summed E-state index contributed by atoms with van der Waals surface area (Å²) in [5, 5.41) is 26.0. The van der Waals surface area contributed by atoms with Gasteiger partial charge in [0.05, 0.1) is 19.3 Å². The van der Waals surface area contributed by atoms with Crippen molar-refractivity contribution in [2.45, 2.75) is 6.61 Å². The number of carbonyl (C=O) groups is 1. The van der Waals surface area contributed by atoms with Crippen LogP contribution in [-0.2, 0) is 6.61 Å². The maximum Gasteiger partial charge on any atom is 0.335 e. The Hall–Kier alpha value is -3.91. The Bertz CT molecular complexity index is 1160. The topological polar surface area (TPSA) is 109 Å². The third-order valence-corrected chi connectivity index (χ3v) is 4.45. The number of carboxylic acids is 1. The van der Waals surface area contributed by atoms with E-state index in [1.165, 1.54) is 12.1 Å². The number of rotatable bonds is 6. The maximum atomic E-state index is 11.0. The molecule has 4 rings (SSSR count). The second-order valence-electron chi connectivity index (χ2n) is 6.36. The monoisotopic (exact) mass is 390 g/mol. The smallest absolute Gasteiger partial charge is 0.335 e.